The summed E-state index contributed by atoms with van der Waals surface area (Å²) < 4.78 is 25.0. The van der Waals surface area contributed by atoms with Gasteiger partial charge in [0.2, 0.25) is 0 Å². The van der Waals surface area contributed by atoms with Crippen molar-refractivity contribution in [1.29, 1.82) is 0 Å². The number of ether oxygens (including phenoxy) is 2. The van der Waals surface area contributed by atoms with Gasteiger partial charge in [-0.25, -0.2) is 9.18 Å². The summed E-state index contributed by atoms with van der Waals surface area (Å²) >= 11 is 0. The minimum atomic E-state index is -0.441. The third-order valence-corrected chi connectivity index (χ3v) is 4.39. The van der Waals surface area contributed by atoms with Crippen LogP contribution in [0.2, 0.25) is 0 Å². The maximum atomic E-state index is 13.9. The lowest BCUT2D eigenvalue weighted by atomic mass is 10.0. The van der Waals surface area contributed by atoms with Crippen molar-refractivity contribution in [3.63, 3.8) is 0 Å². The second kappa shape index (κ2) is 7.35. The number of anilines is 1. The van der Waals surface area contributed by atoms with Crippen LogP contribution in [0.1, 0.15) is 37.6 Å². The highest BCUT2D eigenvalue weighted by molar-refractivity contribution is 6.05. The number of fused-ring (bicyclic) bond motifs is 1. The van der Waals surface area contributed by atoms with Gasteiger partial charge in [-0.15, -0.1) is 0 Å². The molecule has 1 saturated heterocycles. The minimum absolute atomic E-state index is 0.0190. The molecule has 1 aromatic carbocycles. The third-order valence-electron chi connectivity index (χ3n) is 4.39. The molecule has 1 fully saturated rings. The molecule has 0 N–H and O–H groups in total. The van der Waals surface area contributed by atoms with Gasteiger partial charge in [-0.3, -0.25) is 4.98 Å². The standard InChI is InChI=1S/C19H23FN2O3/c1-4-14-11-22(10-12(3)25-14)18-15-8-13(20)6-7-17(15)21-9-16(18)19(23)24-5-2/h6-9,12,14H,4-5,10-11H2,1-3H3. The van der Waals surface area contributed by atoms with Crippen LogP contribution in [0.15, 0.2) is 24.4 Å². The van der Waals surface area contributed by atoms with Gasteiger partial charge in [0.25, 0.3) is 0 Å². The van der Waals surface area contributed by atoms with Crippen LogP contribution < -0.4 is 4.90 Å². The van der Waals surface area contributed by atoms with Gasteiger partial charge in [-0.1, -0.05) is 6.92 Å². The Morgan fingerprint density at radius 3 is 2.92 bits per heavy atom. The molecule has 0 amide bonds. The fourth-order valence-electron chi connectivity index (χ4n) is 3.30. The summed E-state index contributed by atoms with van der Waals surface area (Å²) in [6.07, 6.45) is 2.47. The van der Waals surface area contributed by atoms with Crippen molar-refractivity contribution in [2.24, 2.45) is 0 Å². The topological polar surface area (TPSA) is 51.7 Å². The summed E-state index contributed by atoms with van der Waals surface area (Å²) in [7, 11) is 0. The first-order chi connectivity index (χ1) is 12.0. The lowest BCUT2D eigenvalue weighted by Crippen LogP contribution is -2.47. The van der Waals surface area contributed by atoms with E-state index >= 15 is 0 Å². The van der Waals surface area contributed by atoms with Crippen molar-refractivity contribution < 1.29 is 18.7 Å². The van der Waals surface area contributed by atoms with Crippen molar-refractivity contribution in [3.05, 3.63) is 35.8 Å². The molecule has 6 heteroatoms. The number of benzene rings is 1. The molecule has 0 saturated carbocycles. The van der Waals surface area contributed by atoms with E-state index in [1.807, 2.05) is 6.92 Å². The van der Waals surface area contributed by atoms with E-state index in [2.05, 4.69) is 16.8 Å². The number of esters is 1. The number of hydrogen-bond acceptors (Lipinski definition) is 5. The summed E-state index contributed by atoms with van der Waals surface area (Å²) in [5.74, 6) is -0.798. The number of pyridine rings is 1. The van der Waals surface area contributed by atoms with E-state index in [-0.39, 0.29) is 24.6 Å². The highest BCUT2D eigenvalue weighted by atomic mass is 19.1. The van der Waals surface area contributed by atoms with Crippen LogP contribution in [0.25, 0.3) is 10.9 Å². The Balaban J connectivity index is 2.16. The van der Waals surface area contributed by atoms with Gasteiger partial charge in [-0.05, 0) is 38.5 Å². The zero-order chi connectivity index (χ0) is 18.0. The summed E-state index contributed by atoms with van der Waals surface area (Å²) in [6.45, 7) is 7.37. The van der Waals surface area contributed by atoms with Gasteiger partial charge in [0, 0.05) is 24.7 Å². The molecule has 2 atom stereocenters. The Labute approximate surface area is 146 Å². The quantitative estimate of drug-likeness (QED) is 0.793. The molecule has 2 heterocycles. The number of rotatable bonds is 4. The second-order valence-electron chi connectivity index (χ2n) is 6.28. The van der Waals surface area contributed by atoms with Crippen LogP contribution in [-0.2, 0) is 9.47 Å². The number of nitrogens with zero attached hydrogens (tertiary/aromatic N) is 2. The first-order valence-electron chi connectivity index (χ1n) is 8.69. The molecule has 25 heavy (non-hydrogen) atoms. The normalized spacial score (nSPS) is 20.7. The van der Waals surface area contributed by atoms with Crippen LogP contribution in [0, 0.1) is 5.82 Å². The Morgan fingerprint density at radius 1 is 1.40 bits per heavy atom. The first-order valence-corrected chi connectivity index (χ1v) is 8.69. The Hall–Kier alpha value is -2.21. The molecule has 1 aromatic heterocycles. The minimum Gasteiger partial charge on any atom is -0.462 e. The average Bonchev–Trinajstić information content (AvgIpc) is 2.60. The van der Waals surface area contributed by atoms with Crippen LogP contribution in [-0.4, -0.2) is 42.9 Å². The van der Waals surface area contributed by atoms with Gasteiger partial charge >= 0.3 is 5.97 Å². The van der Waals surface area contributed by atoms with Gasteiger partial charge in [-0.2, -0.15) is 0 Å². The molecule has 0 aliphatic carbocycles. The predicted molar refractivity (Wildman–Crippen MR) is 94.5 cm³/mol. The van der Waals surface area contributed by atoms with Crippen molar-refractivity contribution >= 4 is 22.6 Å². The van der Waals surface area contributed by atoms with E-state index in [0.717, 1.165) is 6.42 Å². The second-order valence-corrected chi connectivity index (χ2v) is 6.28. The molecule has 0 radical (unpaired) electrons. The van der Waals surface area contributed by atoms with Gasteiger partial charge < -0.3 is 14.4 Å². The largest absolute Gasteiger partial charge is 0.462 e. The van der Waals surface area contributed by atoms with Gasteiger partial charge in [0.1, 0.15) is 11.4 Å². The fraction of sp³-hybridized carbons (Fsp3) is 0.474. The molecule has 1 aliphatic rings. The Morgan fingerprint density at radius 2 is 2.20 bits per heavy atom. The summed E-state index contributed by atoms with van der Waals surface area (Å²) in [5, 5.41) is 0.620. The van der Waals surface area contributed by atoms with E-state index in [1.54, 1.807) is 13.0 Å². The molecule has 134 valence electrons. The molecule has 3 rings (SSSR count). The SMILES string of the molecule is CCOC(=O)c1cnc2ccc(F)cc2c1N1CC(C)OC(CC)C1. The van der Waals surface area contributed by atoms with Crippen molar-refractivity contribution in [2.75, 3.05) is 24.6 Å². The Kier molecular flexibility index (Phi) is 5.18. The van der Waals surface area contributed by atoms with Crippen LogP contribution >= 0.6 is 0 Å². The number of carbonyl (C=O) groups excluding carboxylic acids is 1. The predicted octanol–water partition coefficient (Wildman–Crippen LogP) is 3.55. The molecule has 0 bridgehead atoms. The van der Waals surface area contributed by atoms with Crippen LogP contribution in [0.5, 0.6) is 0 Å². The monoisotopic (exact) mass is 346 g/mol. The van der Waals surface area contributed by atoms with Crippen LogP contribution in [0.3, 0.4) is 0 Å². The number of hydrogen-bond donors (Lipinski definition) is 0. The smallest absolute Gasteiger partial charge is 0.341 e. The number of morpholine rings is 1. The lowest BCUT2D eigenvalue weighted by molar-refractivity contribution is -0.0172. The lowest BCUT2D eigenvalue weighted by Gasteiger charge is -2.39. The summed E-state index contributed by atoms with van der Waals surface area (Å²) in [4.78, 5) is 18.9. The molecular weight excluding hydrogens is 323 g/mol. The molecule has 5 nitrogen and oxygen atoms in total. The first kappa shape index (κ1) is 17.6. The van der Waals surface area contributed by atoms with Gasteiger partial charge in [0.15, 0.2) is 0 Å². The Bertz CT molecular complexity index is 781. The van der Waals surface area contributed by atoms with Crippen LogP contribution in [0.4, 0.5) is 10.1 Å². The van der Waals surface area contributed by atoms with Gasteiger partial charge in [0.05, 0.1) is 30.0 Å². The van der Waals surface area contributed by atoms with Crippen molar-refractivity contribution in [2.45, 2.75) is 39.4 Å². The maximum Gasteiger partial charge on any atom is 0.341 e. The molecule has 0 spiro atoms. The maximum absolute atomic E-state index is 13.9. The summed E-state index contributed by atoms with van der Waals surface area (Å²) in [5.41, 5.74) is 1.69. The van der Waals surface area contributed by atoms with E-state index in [9.17, 15) is 9.18 Å². The zero-order valence-corrected chi connectivity index (χ0v) is 14.8. The highest BCUT2D eigenvalue weighted by Crippen LogP contribution is 2.33. The summed E-state index contributed by atoms with van der Waals surface area (Å²) in [6, 6.07) is 4.44. The molecular formula is C19H23FN2O3. The number of aromatic nitrogens is 1. The third kappa shape index (κ3) is 3.58. The average molecular weight is 346 g/mol. The molecule has 1 aliphatic heterocycles. The number of halogens is 1. The van der Waals surface area contributed by atoms with E-state index < -0.39 is 5.97 Å². The fourth-order valence-corrected chi connectivity index (χ4v) is 3.30. The molecule has 2 unspecified atom stereocenters. The zero-order valence-electron chi connectivity index (χ0n) is 14.8. The van der Waals surface area contributed by atoms with E-state index in [0.29, 0.717) is 35.2 Å². The number of carbonyl (C=O) groups is 1. The van der Waals surface area contributed by atoms with Crippen molar-refractivity contribution in [1.82, 2.24) is 4.98 Å². The van der Waals surface area contributed by atoms with Crippen molar-refractivity contribution in [3.8, 4) is 0 Å². The highest BCUT2D eigenvalue weighted by Gasteiger charge is 2.29. The molecule has 2 aromatic rings. The van der Waals surface area contributed by atoms with E-state index in [1.165, 1.54) is 18.3 Å². The van der Waals surface area contributed by atoms with E-state index in [4.69, 9.17) is 9.47 Å².